The third kappa shape index (κ3) is 1.73. The molecule has 0 atom stereocenters. The molecule has 0 aromatic heterocycles. The maximum atomic E-state index is 12.2. The average Bonchev–Trinajstić information content (AvgIpc) is 2.41. The SMILES string of the molecule is CCN1CC(=O)N(C)c2cccc(N)c2C1=O. The molecule has 0 radical (unpaired) electrons. The molecule has 1 heterocycles. The lowest BCUT2D eigenvalue weighted by Crippen LogP contribution is -2.37. The Hall–Kier alpha value is -2.04. The summed E-state index contributed by atoms with van der Waals surface area (Å²) in [6, 6.07) is 5.15. The van der Waals surface area contributed by atoms with Crippen LogP contribution in [-0.2, 0) is 4.79 Å². The van der Waals surface area contributed by atoms with Gasteiger partial charge in [-0.2, -0.15) is 0 Å². The molecular formula is C12H15N3O2. The van der Waals surface area contributed by atoms with E-state index in [9.17, 15) is 9.59 Å². The van der Waals surface area contributed by atoms with Crippen LogP contribution in [0.2, 0.25) is 0 Å². The molecule has 0 fully saturated rings. The van der Waals surface area contributed by atoms with E-state index in [1.165, 1.54) is 9.80 Å². The number of rotatable bonds is 1. The summed E-state index contributed by atoms with van der Waals surface area (Å²) in [7, 11) is 1.66. The molecule has 0 spiro atoms. The number of fused-ring (bicyclic) bond motifs is 1. The third-order valence-electron chi connectivity index (χ3n) is 3.02. The van der Waals surface area contributed by atoms with E-state index < -0.39 is 0 Å². The van der Waals surface area contributed by atoms with Gasteiger partial charge in [-0.1, -0.05) is 6.07 Å². The monoisotopic (exact) mass is 233 g/mol. The Morgan fingerprint density at radius 1 is 1.35 bits per heavy atom. The van der Waals surface area contributed by atoms with E-state index in [-0.39, 0.29) is 18.4 Å². The number of nitrogens with zero attached hydrogens (tertiary/aromatic N) is 2. The molecular weight excluding hydrogens is 218 g/mol. The maximum Gasteiger partial charge on any atom is 0.258 e. The van der Waals surface area contributed by atoms with E-state index in [0.717, 1.165) is 0 Å². The molecule has 0 aliphatic carbocycles. The van der Waals surface area contributed by atoms with Gasteiger partial charge < -0.3 is 15.5 Å². The van der Waals surface area contributed by atoms with Crippen molar-refractivity contribution in [2.24, 2.45) is 0 Å². The molecule has 2 rings (SSSR count). The number of hydrogen-bond donors (Lipinski definition) is 1. The molecule has 1 aromatic rings. The van der Waals surface area contributed by atoms with Crippen molar-refractivity contribution in [2.45, 2.75) is 6.92 Å². The zero-order valence-corrected chi connectivity index (χ0v) is 9.93. The summed E-state index contributed by atoms with van der Waals surface area (Å²) in [4.78, 5) is 27.1. The lowest BCUT2D eigenvalue weighted by molar-refractivity contribution is -0.118. The fourth-order valence-electron chi connectivity index (χ4n) is 1.96. The van der Waals surface area contributed by atoms with Crippen molar-refractivity contribution in [1.82, 2.24) is 4.90 Å². The van der Waals surface area contributed by atoms with Gasteiger partial charge in [0.05, 0.1) is 11.3 Å². The van der Waals surface area contributed by atoms with Crippen LogP contribution in [-0.4, -0.2) is 36.9 Å². The van der Waals surface area contributed by atoms with Crippen molar-refractivity contribution < 1.29 is 9.59 Å². The molecule has 90 valence electrons. The van der Waals surface area contributed by atoms with Gasteiger partial charge in [-0.3, -0.25) is 9.59 Å². The maximum absolute atomic E-state index is 12.2. The summed E-state index contributed by atoms with van der Waals surface area (Å²) in [6.45, 7) is 2.43. The van der Waals surface area contributed by atoms with E-state index in [1.54, 1.807) is 25.2 Å². The molecule has 0 saturated heterocycles. The number of anilines is 2. The first-order valence-corrected chi connectivity index (χ1v) is 5.50. The standard InChI is InChI=1S/C12H15N3O2/c1-3-15-7-10(16)14(2)9-6-4-5-8(13)11(9)12(15)17/h4-6H,3,7,13H2,1-2H3. The molecule has 5 heteroatoms. The molecule has 2 N–H and O–H groups in total. The Bertz CT molecular complexity index is 485. The summed E-state index contributed by atoms with van der Waals surface area (Å²) in [5, 5.41) is 0. The normalized spacial score (nSPS) is 15.9. The fraction of sp³-hybridized carbons (Fsp3) is 0.333. The number of nitrogen functional groups attached to an aromatic ring is 1. The minimum atomic E-state index is -0.182. The summed E-state index contributed by atoms with van der Waals surface area (Å²) >= 11 is 0. The largest absolute Gasteiger partial charge is 0.398 e. The van der Waals surface area contributed by atoms with Crippen molar-refractivity contribution >= 4 is 23.2 Å². The molecule has 1 aromatic carbocycles. The fourth-order valence-corrected chi connectivity index (χ4v) is 1.96. The van der Waals surface area contributed by atoms with Crippen LogP contribution in [0.1, 0.15) is 17.3 Å². The second kappa shape index (κ2) is 4.08. The first-order valence-electron chi connectivity index (χ1n) is 5.50. The third-order valence-corrected chi connectivity index (χ3v) is 3.02. The van der Waals surface area contributed by atoms with Crippen molar-refractivity contribution in [2.75, 3.05) is 30.8 Å². The topological polar surface area (TPSA) is 66.6 Å². The van der Waals surface area contributed by atoms with Crippen LogP contribution in [0.5, 0.6) is 0 Å². The summed E-state index contributed by atoms with van der Waals surface area (Å²) in [6.07, 6.45) is 0. The highest BCUT2D eigenvalue weighted by molar-refractivity contribution is 6.12. The second-order valence-corrected chi connectivity index (χ2v) is 4.01. The highest BCUT2D eigenvalue weighted by atomic mass is 16.2. The number of amides is 2. The van der Waals surface area contributed by atoms with E-state index in [4.69, 9.17) is 5.73 Å². The van der Waals surface area contributed by atoms with Gasteiger partial charge in [0.25, 0.3) is 5.91 Å². The van der Waals surface area contributed by atoms with Gasteiger partial charge in [-0.05, 0) is 19.1 Å². The average molecular weight is 233 g/mol. The van der Waals surface area contributed by atoms with Crippen molar-refractivity contribution in [3.8, 4) is 0 Å². The van der Waals surface area contributed by atoms with Gasteiger partial charge in [-0.15, -0.1) is 0 Å². The van der Waals surface area contributed by atoms with Crippen molar-refractivity contribution in [3.63, 3.8) is 0 Å². The number of hydrogen-bond acceptors (Lipinski definition) is 3. The van der Waals surface area contributed by atoms with Crippen LogP contribution in [0.25, 0.3) is 0 Å². The van der Waals surface area contributed by atoms with Gasteiger partial charge in [0.15, 0.2) is 0 Å². The molecule has 5 nitrogen and oxygen atoms in total. The Morgan fingerprint density at radius 3 is 2.71 bits per heavy atom. The Kier molecular flexibility index (Phi) is 2.75. The molecule has 1 aliphatic heterocycles. The number of carbonyl (C=O) groups excluding carboxylic acids is 2. The lowest BCUT2D eigenvalue weighted by Gasteiger charge is -2.17. The zero-order valence-electron chi connectivity index (χ0n) is 9.93. The predicted molar refractivity (Wildman–Crippen MR) is 65.8 cm³/mol. The van der Waals surface area contributed by atoms with E-state index >= 15 is 0 Å². The van der Waals surface area contributed by atoms with Crippen LogP contribution in [0.3, 0.4) is 0 Å². The highest BCUT2D eigenvalue weighted by Crippen LogP contribution is 2.28. The molecule has 0 bridgehead atoms. The number of nitrogens with two attached hydrogens (primary N) is 1. The van der Waals surface area contributed by atoms with Crippen LogP contribution in [0.15, 0.2) is 18.2 Å². The number of benzene rings is 1. The molecule has 0 unspecified atom stereocenters. The zero-order chi connectivity index (χ0) is 12.6. The van der Waals surface area contributed by atoms with E-state index in [2.05, 4.69) is 0 Å². The van der Waals surface area contributed by atoms with Crippen LogP contribution in [0, 0.1) is 0 Å². The number of likely N-dealkylation sites (N-methyl/N-ethyl adjacent to an activating group) is 2. The minimum Gasteiger partial charge on any atom is -0.398 e. The minimum absolute atomic E-state index is 0.0972. The van der Waals surface area contributed by atoms with Gasteiger partial charge in [-0.25, -0.2) is 0 Å². The summed E-state index contributed by atoms with van der Waals surface area (Å²) in [5.74, 6) is -0.289. The van der Waals surface area contributed by atoms with Crippen LogP contribution < -0.4 is 10.6 Å². The highest BCUT2D eigenvalue weighted by Gasteiger charge is 2.30. The Balaban J connectivity index is 2.63. The van der Waals surface area contributed by atoms with Gasteiger partial charge in [0.2, 0.25) is 5.91 Å². The second-order valence-electron chi connectivity index (χ2n) is 4.01. The quantitative estimate of drug-likeness (QED) is 0.726. The Morgan fingerprint density at radius 2 is 2.06 bits per heavy atom. The molecule has 0 saturated carbocycles. The molecule has 1 aliphatic rings. The summed E-state index contributed by atoms with van der Waals surface area (Å²) in [5.41, 5.74) is 7.25. The van der Waals surface area contributed by atoms with E-state index in [1.807, 2.05) is 6.92 Å². The van der Waals surface area contributed by atoms with Crippen molar-refractivity contribution in [3.05, 3.63) is 23.8 Å². The lowest BCUT2D eigenvalue weighted by atomic mass is 10.1. The van der Waals surface area contributed by atoms with Gasteiger partial charge >= 0.3 is 0 Å². The molecule has 2 amide bonds. The van der Waals surface area contributed by atoms with Gasteiger partial charge in [0, 0.05) is 19.3 Å². The first-order chi connectivity index (χ1) is 8.06. The van der Waals surface area contributed by atoms with Gasteiger partial charge in [0.1, 0.15) is 6.54 Å². The van der Waals surface area contributed by atoms with Crippen molar-refractivity contribution in [1.29, 1.82) is 0 Å². The molecule has 17 heavy (non-hydrogen) atoms. The predicted octanol–water partition coefficient (Wildman–Crippen LogP) is 0.707. The number of carbonyl (C=O) groups is 2. The van der Waals surface area contributed by atoms with Crippen LogP contribution in [0.4, 0.5) is 11.4 Å². The summed E-state index contributed by atoms with van der Waals surface area (Å²) < 4.78 is 0. The smallest absolute Gasteiger partial charge is 0.258 e. The Labute approximate surface area is 99.8 Å². The van der Waals surface area contributed by atoms with E-state index in [0.29, 0.717) is 23.5 Å². The van der Waals surface area contributed by atoms with Crippen LogP contribution >= 0.6 is 0 Å². The first kappa shape index (κ1) is 11.4.